The molecule has 1 aromatic rings. The molecular weight excluding hydrogens is 126 g/mol. The van der Waals surface area contributed by atoms with E-state index in [0.29, 0.717) is 5.92 Å². The van der Waals surface area contributed by atoms with E-state index in [1.54, 1.807) is 0 Å². The van der Waals surface area contributed by atoms with E-state index < -0.39 is 0 Å². The standard InChI is InChI=1S/C7H13N3/c1-4-10-5-7(6(2)3)8-9-10/h5-6H,4H2,1-3H3. The van der Waals surface area contributed by atoms with Crippen molar-refractivity contribution in [3.8, 4) is 0 Å². The Bertz CT molecular complexity index is 202. The molecule has 0 saturated carbocycles. The minimum Gasteiger partial charge on any atom is -0.253 e. The molecule has 3 heteroatoms. The van der Waals surface area contributed by atoms with Crippen molar-refractivity contribution in [1.82, 2.24) is 15.0 Å². The van der Waals surface area contributed by atoms with Crippen LogP contribution in [-0.2, 0) is 6.54 Å². The molecule has 1 aromatic heterocycles. The fourth-order valence-electron chi connectivity index (χ4n) is 0.732. The number of aryl methyl sites for hydroxylation is 1. The van der Waals surface area contributed by atoms with Crippen LogP contribution in [-0.4, -0.2) is 15.0 Å². The number of nitrogens with zero attached hydrogens (tertiary/aromatic N) is 3. The Labute approximate surface area is 61.1 Å². The first-order valence-electron chi connectivity index (χ1n) is 3.64. The van der Waals surface area contributed by atoms with E-state index in [4.69, 9.17) is 0 Å². The van der Waals surface area contributed by atoms with Crippen molar-refractivity contribution in [2.45, 2.75) is 33.2 Å². The van der Waals surface area contributed by atoms with Crippen molar-refractivity contribution >= 4 is 0 Å². The van der Waals surface area contributed by atoms with E-state index in [9.17, 15) is 0 Å². The lowest BCUT2D eigenvalue weighted by Crippen LogP contribution is -1.93. The average molecular weight is 139 g/mol. The molecule has 0 aliphatic heterocycles. The average Bonchev–Trinajstić information content (AvgIpc) is 2.34. The maximum Gasteiger partial charge on any atom is 0.0852 e. The molecule has 0 bridgehead atoms. The molecule has 3 nitrogen and oxygen atoms in total. The van der Waals surface area contributed by atoms with Crippen LogP contribution in [0.2, 0.25) is 0 Å². The van der Waals surface area contributed by atoms with Gasteiger partial charge in [-0.05, 0) is 12.8 Å². The highest BCUT2D eigenvalue weighted by Gasteiger charge is 2.02. The van der Waals surface area contributed by atoms with Gasteiger partial charge in [-0.3, -0.25) is 4.68 Å². The normalized spacial score (nSPS) is 10.8. The van der Waals surface area contributed by atoms with Crippen molar-refractivity contribution in [1.29, 1.82) is 0 Å². The van der Waals surface area contributed by atoms with Gasteiger partial charge in [0.05, 0.1) is 5.69 Å². The smallest absolute Gasteiger partial charge is 0.0852 e. The lowest BCUT2D eigenvalue weighted by molar-refractivity contribution is 0.626. The highest BCUT2D eigenvalue weighted by molar-refractivity contribution is 4.97. The van der Waals surface area contributed by atoms with Crippen LogP contribution in [0.4, 0.5) is 0 Å². The Morgan fingerprint density at radius 1 is 1.60 bits per heavy atom. The van der Waals surface area contributed by atoms with Crippen LogP contribution in [0.25, 0.3) is 0 Å². The minimum absolute atomic E-state index is 0.486. The largest absolute Gasteiger partial charge is 0.253 e. The molecular formula is C7H13N3. The third-order valence-corrected chi connectivity index (χ3v) is 1.47. The quantitative estimate of drug-likeness (QED) is 0.620. The molecule has 0 amide bonds. The highest BCUT2D eigenvalue weighted by atomic mass is 15.4. The molecule has 0 saturated heterocycles. The summed E-state index contributed by atoms with van der Waals surface area (Å²) in [5.74, 6) is 0.486. The van der Waals surface area contributed by atoms with E-state index in [0.717, 1.165) is 12.2 Å². The summed E-state index contributed by atoms with van der Waals surface area (Å²) in [6, 6.07) is 0. The molecule has 0 radical (unpaired) electrons. The third kappa shape index (κ3) is 1.35. The monoisotopic (exact) mass is 139 g/mol. The summed E-state index contributed by atoms with van der Waals surface area (Å²) in [5, 5.41) is 7.92. The van der Waals surface area contributed by atoms with Crippen LogP contribution in [0.3, 0.4) is 0 Å². The molecule has 0 fully saturated rings. The Kier molecular flexibility index (Phi) is 2.04. The van der Waals surface area contributed by atoms with Crippen molar-refractivity contribution in [3.63, 3.8) is 0 Å². The van der Waals surface area contributed by atoms with E-state index in [1.165, 1.54) is 0 Å². The summed E-state index contributed by atoms with van der Waals surface area (Å²) in [6.45, 7) is 7.19. The third-order valence-electron chi connectivity index (χ3n) is 1.47. The predicted octanol–water partition coefficient (Wildman–Crippen LogP) is 1.42. The maximum atomic E-state index is 4.00. The zero-order valence-corrected chi connectivity index (χ0v) is 6.70. The Hall–Kier alpha value is -0.860. The Morgan fingerprint density at radius 3 is 2.60 bits per heavy atom. The second kappa shape index (κ2) is 2.82. The van der Waals surface area contributed by atoms with Crippen molar-refractivity contribution in [3.05, 3.63) is 11.9 Å². The van der Waals surface area contributed by atoms with Gasteiger partial charge >= 0.3 is 0 Å². The van der Waals surface area contributed by atoms with Crippen molar-refractivity contribution < 1.29 is 0 Å². The number of hydrogen-bond acceptors (Lipinski definition) is 2. The molecule has 0 N–H and O–H groups in total. The van der Waals surface area contributed by atoms with Crippen LogP contribution in [0, 0.1) is 0 Å². The van der Waals surface area contributed by atoms with Crippen molar-refractivity contribution in [2.75, 3.05) is 0 Å². The second-order valence-corrected chi connectivity index (χ2v) is 2.65. The molecule has 0 unspecified atom stereocenters. The van der Waals surface area contributed by atoms with Crippen LogP contribution in [0.1, 0.15) is 32.4 Å². The van der Waals surface area contributed by atoms with Gasteiger partial charge in [-0.25, -0.2) is 0 Å². The molecule has 56 valence electrons. The summed E-state index contributed by atoms with van der Waals surface area (Å²) >= 11 is 0. The molecule has 0 atom stereocenters. The van der Waals surface area contributed by atoms with Gasteiger partial charge in [0.2, 0.25) is 0 Å². The molecule has 0 aromatic carbocycles. The molecule has 0 spiro atoms. The van der Waals surface area contributed by atoms with Crippen LogP contribution < -0.4 is 0 Å². The van der Waals surface area contributed by atoms with Crippen LogP contribution in [0.15, 0.2) is 6.20 Å². The molecule has 1 heterocycles. The second-order valence-electron chi connectivity index (χ2n) is 2.65. The lowest BCUT2D eigenvalue weighted by atomic mass is 10.2. The Morgan fingerprint density at radius 2 is 2.30 bits per heavy atom. The first-order chi connectivity index (χ1) is 4.74. The van der Waals surface area contributed by atoms with Gasteiger partial charge in [-0.2, -0.15) is 0 Å². The van der Waals surface area contributed by atoms with Crippen LogP contribution in [0.5, 0.6) is 0 Å². The zero-order valence-electron chi connectivity index (χ0n) is 6.70. The number of rotatable bonds is 2. The highest BCUT2D eigenvalue weighted by Crippen LogP contribution is 2.08. The molecule has 1 rings (SSSR count). The van der Waals surface area contributed by atoms with Gasteiger partial charge < -0.3 is 0 Å². The maximum absolute atomic E-state index is 4.00. The van der Waals surface area contributed by atoms with Gasteiger partial charge in [0, 0.05) is 12.7 Å². The molecule has 0 aliphatic rings. The molecule has 0 aliphatic carbocycles. The van der Waals surface area contributed by atoms with Gasteiger partial charge in [0.25, 0.3) is 0 Å². The fourth-order valence-corrected chi connectivity index (χ4v) is 0.732. The summed E-state index contributed by atoms with van der Waals surface area (Å²) < 4.78 is 1.84. The summed E-state index contributed by atoms with van der Waals surface area (Å²) in [5.41, 5.74) is 1.07. The summed E-state index contributed by atoms with van der Waals surface area (Å²) in [6.07, 6.45) is 1.99. The van der Waals surface area contributed by atoms with Gasteiger partial charge in [-0.1, -0.05) is 19.1 Å². The predicted molar refractivity (Wildman–Crippen MR) is 39.8 cm³/mol. The Balaban J connectivity index is 2.78. The first kappa shape index (κ1) is 7.25. The van der Waals surface area contributed by atoms with E-state index >= 15 is 0 Å². The van der Waals surface area contributed by atoms with Gasteiger partial charge in [0.15, 0.2) is 0 Å². The number of hydrogen-bond donors (Lipinski definition) is 0. The molecule has 10 heavy (non-hydrogen) atoms. The van der Waals surface area contributed by atoms with Crippen LogP contribution >= 0.6 is 0 Å². The van der Waals surface area contributed by atoms with E-state index in [2.05, 4.69) is 31.1 Å². The van der Waals surface area contributed by atoms with Gasteiger partial charge in [0.1, 0.15) is 0 Å². The lowest BCUT2D eigenvalue weighted by Gasteiger charge is -1.94. The SMILES string of the molecule is CCn1cc(C(C)C)nn1. The van der Waals surface area contributed by atoms with Crippen molar-refractivity contribution in [2.24, 2.45) is 0 Å². The summed E-state index contributed by atoms with van der Waals surface area (Å²) in [4.78, 5) is 0. The fraction of sp³-hybridized carbons (Fsp3) is 0.714. The van der Waals surface area contributed by atoms with E-state index in [-0.39, 0.29) is 0 Å². The topological polar surface area (TPSA) is 30.7 Å². The van der Waals surface area contributed by atoms with Gasteiger partial charge in [-0.15, -0.1) is 5.10 Å². The van der Waals surface area contributed by atoms with E-state index in [1.807, 2.05) is 10.9 Å². The first-order valence-corrected chi connectivity index (χ1v) is 3.64. The summed E-state index contributed by atoms with van der Waals surface area (Å²) in [7, 11) is 0. The zero-order chi connectivity index (χ0) is 7.56. The number of aromatic nitrogens is 3. The minimum atomic E-state index is 0.486.